The first-order valence-corrected chi connectivity index (χ1v) is 29.3. The third-order valence-electron chi connectivity index (χ3n) is 13.0. The van der Waals surface area contributed by atoms with Crippen molar-refractivity contribution in [1.29, 1.82) is 0 Å². The molecule has 0 amide bonds. The Balaban J connectivity index is 0.000000170. The standard InChI is InChI=1S/2C18H33P.C5H10.2ClH.Ru/c2*1-4-10-16(11-5-1)19(17-12-6-2-7-13-17)18-14-8-3-9-15-18;1-4-5(2)3;;;/h2*16-18H,1-15H2;5H,1-3H3;2*1H;/q;;;;;+2/p-2. The van der Waals surface area contributed by atoms with Gasteiger partial charge in [0.25, 0.3) is 0 Å². The Morgan fingerprint density at radius 3 is 0.674 bits per heavy atom. The van der Waals surface area contributed by atoms with Gasteiger partial charge in [-0.2, -0.15) is 0 Å². The molecule has 0 bridgehead atoms. The molecule has 6 rings (SSSR count). The van der Waals surface area contributed by atoms with Gasteiger partial charge in [0.1, 0.15) is 0 Å². The minimum atomic E-state index is -1.50. The first-order valence-electron chi connectivity index (χ1n) is 20.8. The van der Waals surface area contributed by atoms with Crippen LogP contribution in [0.1, 0.15) is 213 Å². The molecule has 6 aliphatic rings. The molecular weight excluding hydrogens is 726 g/mol. The SMILES string of the molecule is C1CCC(P(C2CCCCC2)C2CCCCC2)CC1.C1CCC(P(C2CCCCC2)C2CCCCC2)CC1.C[C](C(C)C)=[Ru]([Cl])[Cl]. The molecule has 0 heterocycles. The quantitative estimate of drug-likeness (QED) is 0.178. The zero-order valence-corrected chi connectivity index (χ0v) is 35.8. The second-order valence-corrected chi connectivity index (χ2v) is 29.0. The molecule has 0 nitrogen and oxygen atoms in total. The summed E-state index contributed by atoms with van der Waals surface area (Å²) >= 11 is -1.50. The average Bonchev–Trinajstić information content (AvgIpc) is 3.11. The van der Waals surface area contributed by atoms with E-state index < -0.39 is 13.5 Å². The van der Waals surface area contributed by atoms with Crippen LogP contribution in [0.15, 0.2) is 0 Å². The predicted molar refractivity (Wildman–Crippen MR) is 212 cm³/mol. The Bertz CT molecular complexity index is 669. The Hall–Kier alpha value is 1.93. The summed E-state index contributed by atoms with van der Waals surface area (Å²) in [6.45, 7) is 6.26. The minimum absolute atomic E-state index is 0.385. The van der Waals surface area contributed by atoms with Gasteiger partial charge in [-0.25, -0.2) is 0 Å². The number of rotatable bonds is 7. The molecule has 5 heteroatoms. The zero-order valence-electron chi connectivity index (χ0n) is 30.8. The van der Waals surface area contributed by atoms with Gasteiger partial charge in [-0.05, 0) is 111 Å². The molecule has 0 unspecified atom stereocenters. The molecule has 0 saturated heterocycles. The van der Waals surface area contributed by atoms with Gasteiger partial charge >= 0.3 is 63.7 Å². The Labute approximate surface area is 304 Å². The van der Waals surface area contributed by atoms with Gasteiger partial charge in [-0.15, -0.1) is 0 Å². The molecule has 272 valence electrons. The summed E-state index contributed by atoms with van der Waals surface area (Å²) in [5.41, 5.74) is 7.14. The third kappa shape index (κ3) is 13.8. The summed E-state index contributed by atoms with van der Waals surface area (Å²) in [5.74, 6) is 0.559. The van der Waals surface area contributed by atoms with Gasteiger partial charge in [-0.3, -0.25) is 0 Å². The molecule has 0 aromatic carbocycles. The summed E-state index contributed by atoms with van der Waals surface area (Å²) in [7, 11) is 12.2. The van der Waals surface area contributed by atoms with E-state index in [9.17, 15) is 0 Å². The molecule has 46 heavy (non-hydrogen) atoms. The van der Waals surface area contributed by atoms with Crippen LogP contribution < -0.4 is 0 Å². The van der Waals surface area contributed by atoms with E-state index in [0.29, 0.717) is 21.8 Å². The van der Waals surface area contributed by atoms with Crippen molar-refractivity contribution < 1.29 is 13.5 Å². The van der Waals surface area contributed by atoms with Crippen molar-refractivity contribution in [1.82, 2.24) is 0 Å². The predicted octanol–water partition coefficient (Wildman–Crippen LogP) is 15.7. The summed E-state index contributed by atoms with van der Waals surface area (Å²) in [6.07, 6.45) is 47.2. The summed E-state index contributed by atoms with van der Waals surface area (Å²) in [4.78, 5) is 0. The van der Waals surface area contributed by atoms with Crippen molar-refractivity contribution in [3.05, 3.63) is 0 Å². The number of hydrogen-bond acceptors (Lipinski definition) is 0. The first kappa shape index (κ1) is 40.7. The topological polar surface area (TPSA) is 0 Å². The van der Waals surface area contributed by atoms with E-state index in [1.165, 1.54) is 76.6 Å². The van der Waals surface area contributed by atoms with Gasteiger partial charge < -0.3 is 0 Å². The van der Waals surface area contributed by atoms with Crippen molar-refractivity contribution in [3.63, 3.8) is 0 Å². The molecule has 0 aromatic heterocycles. The Kier molecular flexibility index (Phi) is 20.8. The average molecular weight is 803 g/mol. The van der Waals surface area contributed by atoms with E-state index in [1.807, 2.05) is 6.92 Å². The Morgan fingerprint density at radius 2 is 0.565 bits per heavy atom. The van der Waals surface area contributed by atoms with E-state index in [1.54, 1.807) is 154 Å². The van der Waals surface area contributed by atoms with Crippen LogP contribution in [-0.2, 0) is 13.5 Å². The van der Waals surface area contributed by atoms with Gasteiger partial charge in [0.15, 0.2) is 0 Å². The van der Waals surface area contributed by atoms with E-state index in [4.69, 9.17) is 19.4 Å². The third-order valence-corrected chi connectivity index (χ3v) is 25.7. The summed E-state index contributed by atoms with van der Waals surface area (Å²) < 4.78 is 1.28. The van der Waals surface area contributed by atoms with E-state index in [-0.39, 0.29) is 0 Å². The van der Waals surface area contributed by atoms with Crippen LogP contribution in [0, 0.1) is 5.92 Å². The van der Waals surface area contributed by atoms with Crippen molar-refractivity contribution in [2.75, 3.05) is 0 Å². The molecule has 0 aromatic rings. The van der Waals surface area contributed by atoms with Crippen molar-refractivity contribution in [3.8, 4) is 0 Å². The van der Waals surface area contributed by atoms with Crippen LogP contribution in [0.25, 0.3) is 0 Å². The Morgan fingerprint density at radius 1 is 0.391 bits per heavy atom. The molecule has 0 spiro atoms. The van der Waals surface area contributed by atoms with Crippen molar-refractivity contribution in [2.24, 2.45) is 5.92 Å². The molecule has 6 aliphatic carbocycles. The van der Waals surface area contributed by atoms with Crippen LogP contribution in [0.2, 0.25) is 0 Å². The molecule has 0 aliphatic heterocycles. The van der Waals surface area contributed by atoms with E-state index in [2.05, 4.69) is 13.8 Å². The maximum atomic E-state index is 5.69. The maximum absolute atomic E-state index is 5.69. The second-order valence-electron chi connectivity index (χ2n) is 16.6. The number of hydrogen-bond donors (Lipinski definition) is 0. The molecule has 0 radical (unpaired) electrons. The van der Waals surface area contributed by atoms with Crippen molar-refractivity contribution in [2.45, 2.75) is 247 Å². The van der Waals surface area contributed by atoms with Crippen molar-refractivity contribution >= 4 is 39.3 Å². The summed E-state index contributed by atoms with van der Waals surface area (Å²) in [5, 5.41) is 0. The normalized spacial score (nSPS) is 26.0. The van der Waals surface area contributed by atoms with Gasteiger partial charge in [0, 0.05) is 0 Å². The van der Waals surface area contributed by atoms with Gasteiger partial charge in [0.2, 0.25) is 0 Å². The molecule has 0 atom stereocenters. The fraction of sp³-hybridized carbons (Fsp3) is 0.976. The van der Waals surface area contributed by atoms with Crippen LogP contribution in [0.5, 0.6) is 0 Å². The van der Waals surface area contributed by atoms with Gasteiger partial charge in [-0.1, -0.05) is 131 Å². The monoisotopic (exact) mass is 802 g/mol. The fourth-order valence-corrected chi connectivity index (χ4v) is 22.1. The van der Waals surface area contributed by atoms with Gasteiger partial charge in [0.05, 0.1) is 0 Å². The van der Waals surface area contributed by atoms with Crippen LogP contribution in [-0.4, -0.2) is 38.1 Å². The summed E-state index contributed by atoms with van der Waals surface area (Å²) in [6, 6.07) is 0. The second kappa shape index (κ2) is 23.5. The van der Waals surface area contributed by atoms with Crippen LogP contribution in [0.3, 0.4) is 0 Å². The molecular formula is C41H76Cl2P2Ru. The molecule has 6 saturated carbocycles. The van der Waals surface area contributed by atoms with E-state index in [0.717, 1.165) is 0 Å². The number of halogens is 2. The first-order chi connectivity index (χ1) is 22.5. The molecule has 0 N–H and O–H groups in total. The zero-order chi connectivity index (χ0) is 32.6. The fourth-order valence-electron chi connectivity index (χ4n) is 10.2. The molecule has 6 fully saturated rings. The van der Waals surface area contributed by atoms with Crippen LogP contribution in [0.4, 0.5) is 0 Å². The van der Waals surface area contributed by atoms with Crippen LogP contribution >= 0.6 is 35.2 Å². The van der Waals surface area contributed by atoms with E-state index >= 15 is 0 Å².